The van der Waals surface area contributed by atoms with E-state index in [0.29, 0.717) is 54.9 Å². The number of hydrogen-bond acceptors (Lipinski definition) is 31. The number of Topliss-reactive ketones (excluding diaryl/α,β-unsaturated/α-hetero) is 2. The summed E-state index contributed by atoms with van der Waals surface area (Å²) in [6, 6.07) is 12.6. The molecule has 0 unspecified atom stereocenters. The lowest BCUT2D eigenvalue weighted by Gasteiger charge is -2.39. The van der Waals surface area contributed by atoms with E-state index in [1.165, 1.54) is 90.2 Å². The van der Waals surface area contributed by atoms with Gasteiger partial charge >= 0.3 is 29.8 Å². The molecule has 0 saturated carbocycles. The topological polar surface area (TPSA) is 450 Å². The number of ketones is 2. The Bertz CT molecular complexity index is 4010. The van der Waals surface area contributed by atoms with Crippen LogP contribution < -0.4 is 62.2 Å². The van der Waals surface area contributed by atoms with Gasteiger partial charge in [0.25, 0.3) is 0 Å². The van der Waals surface area contributed by atoms with Crippen molar-refractivity contribution in [3.05, 3.63) is 70.8 Å². The molecule has 2 aliphatic rings. The van der Waals surface area contributed by atoms with Crippen LogP contribution in [0.3, 0.4) is 0 Å². The highest BCUT2D eigenvalue weighted by atomic mass is 16.7. The van der Waals surface area contributed by atoms with Crippen LogP contribution in [0.1, 0.15) is 135 Å². The van der Waals surface area contributed by atoms with Crippen LogP contribution in [-0.4, -0.2) is 249 Å². The largest absolute Gasteiger partial charge is 0.493 e. The number of carbonyl (C=O) groups is 7. The van der Waals surface area contributed by atoms with Crippen LogP contribution in [0.15, 0.2) is 48.5 Å². The molecular formula is C80H107NO32. The molecule has 10 atom stereocenters. The normalized spacial score (nSPS) is 18.9. The number of aliphatic hydroxyl groups is 6. The van der Waals surface area contributed by atoms with Crippen molar-refractivity contribution in [3.63, 3.8) is 0 Å². The third-order valence-corrected chi connectivity index (χ3v) is 19.0. The number of methoxy groups -OCH3 is 12. The highest BCUT2D eigenvalue weighted by molar-refractivity contribution is 6.23. The summed E-state index contributed by atoms with van der Waals surface area (Å²) in [7, 11) is 16.2. The maximum Gasteiger partial charge on any atom is 0.339 e. The van der Waals surface area contributed by atoms with Crippen LogP contribution in [0.5, 0.6) is 69.0 Å². The summed E-state index contributed by atoms with van der Waals surface area (Å²) in [6.45, 7) is 17.7. The minimum atomic E-state index is -2.03. The first-order valence-corrected chi connectivity index (χ1v) is 36.3. The van der Waals surface area contributed by atoms with Gasteiger partial charge in [-0.25, -0.2) is 19.2 Å². The zero-order valence-corrected chi connectivity index (χ0v) is 67.3. The van der Waals surface area contributed by atoms with Crippen LogP contribution in [0.2, 0.25) is 0 Å². The number of hydrogen-bond donors (Lipinski definition) is 9. The second-order valence-corrected chi connectivity index (χ2v) is 25.4. The highest BCUT2D eigenvalue weighted by Gasteiger charge is 2.51. The van der Waals surface area contributed by atoms with E-state index < -0.39 is 96.9 Å². The van der Waals surface area contributed by atoms with Crippen molar-refractivity contribution in [2.75, 3.05) is 105 Å². The molecule has 0 radical (unpaired) electrons. The quantitative estimate of drug-likeness (QED) is 0.0106. The van der Waals surface area contributed by atoms with Crippen molar-refractivity contribution in [3.8, 4) is 91.2 Å². The van der Waals surface area contributed by atoms with Gasteiger partial charge in [0, 0.05) is 52.4 Å². The fraction of sp³-hybridized carbons (Fsp3) is 0.512. The van der Waals surface area contributed by atoms with Crippen molar-refractivity contribution >= 4 is 63.0 Å². The van der Waals surface area contributed by atoms with Crippen molar-refractivity contribution in [1.29, 1.82) is 0 Å². The molecule has 9 N–H and O–H groups in total. The molecule has 0 bridgehead atoms. The van der Waals surface area contributed by atoms with E-state index in [1.807, 2.05) is 27.7 Å². The second-order valence-electron chi connectivity index (χ2n) is 25.4. The Labute approximate surface area is 654 Å². The number of ether oxygens (including phenoxy) is 17. The highest BCUT2D eigenvalue weighted by Crippen LogP contribution is 2.56. The molecule has 33 nitrogen and oxygen atoms in total. The molecule has 0 spiro atoms. The molecule has 2 heterocycles. The minimum Gasteiger partial charge on any atom is -0.493 e. The Balaban J connectivity index is 0.000000356. The van der Waals surface area contributed by atoms with Crippen LogP contribution in [0.4, 0.5) is 0 Å². The zero-order valence-electron chi connectivity index (χ0n) is 67.3. The van der Waals surface area contributed by atoms with Crippen molar-refractivity contribution in [1.82, 2.24) is 5.32 Å². The molecule has 0 amide bonds. The number of aliphatic carboxylic acids is 2. The smallest absolute Gasteiger partial charge is 0.339 e. The van der Waals surface area contributed by atoms with Gasteiger partial charge in [-0.15, -0.1) is 0 Å². The molecule has 0 aromatic heterocycles. The van der Waals surface area contributed by atoms with Crippen LogP contribution >= 0.6 is 0 Å². The first-order chi connectivity index (χ1) is 53.9. The Morgan fingerprint density at radius 3 is 0.965 bits per heavy atom. The summed E-state index contributed by atoms with van der Waals surface area (Å²) in [5, 5.41) is 87.1. The monoisotopic (exact) mass is 1590 g/mol. The first-order valence-electron chi connectivity index (χ1n) is 36.3. The Morgan fingerprint density at radius 1 is 0.398 bits per heavy atom. The Hall–Kier alpha value is -10.2. The SMILES string of the molecule is CCC(CC)CC(=O)c1c(C(=O)OC)c(-c2ccc(OC)c(OC)c2)c2c(OC)c(OC)c(OC)cc2c1O[C@@H]1O[C@H](C(=O)O)[C@@H](O)[C@H](O)[C@H]1O.CCC(CC)CC(=O)c1c(C(=O)OC)c(-c2ccc(OC)c(OC)c2)c2c(OC)c(OC)c(OC)cc2c1O[C@@H]1O[C@H](C(=O)O)[C@@H](O)[C@H](O)[C@H]1O.CCNCC.CCOC(C)=O. The lowest BCUT2D eigenvalue weighted by molar-refractivity contribution is -0.271. The van der Waals surface area contributed by atoms with E-state index in [4.69, 9.17) is 75.8 Å². The molecule has 6 aromatic rings. The standard InChI is InChI=1S/2C36H44O15.C4H11N.C4H8O2/c2*1-9-16(10-2)13-19(37)25-26(35(43)49-8)23(17-11-12-20(44-3)21(14-17)45-4)24-18(15-22(46-5)31(47-6)32(24)48-7)30(25)50-36-29(40)27(38)28(39)33(51-36)34(41)42;1-3-5-4-2;1-3-6-4(2)5/h2*11-12,14-16,27-29,33,36,38-40H,9-10,13H2,1-8H3,(H,41,42);5H,3-4H2,1-2H3;3H2,1-2H3/t2*27-,28-,29+,33-,36+;;/m00../s1. The number of carbonyl (C=O) groups excluding carboxylic acids is 5. The van der Waals surface area contributed by atoms with Crippen molar-refractivity contribution < 1.29 is 155 Å². The van der Waals surface area contributed by atoms with E-state index >= 15 is 0 Å². The molecule has 33 heteroatoms. The second kappa shape index (κ2) is 43.7. The maximum atomic E-state index is 14.6. The number of fused-ring (bicyclic) bond motifs is 2. The Morgan fingerprint density at radius 2 is 0.726 bits per heavy atom. The molecule has 2 fully saturated rings. The molecule has 624 valence electrons. The Kier molecular flexibility index (Phi) is 36.1. The first kappa shape index (κ1) is 93.4. The van der Waals surface area contributed by atoms with E-state index in [-0.39, 0.29) is 143 Å². The van der Waals surface area contributed by atoms with Gasteiger partial charge in [-0.05, 0) is 79.4 Å². The van der Waals surface area contributed by atoms with Crippen molar-refractivity contribution in [2.45, 2.75) is 155 Å². The molecule has 6 aromatic carbocycles. The summed E-state index contributed by atoms with van der Waals surface area (Å²) in [5.41, 5.74) is -0.133. The van der Waals surface area contributed by atoms with Gasteiger partial charge in [0.2, 0.25) is 24.1 Å². The maximum absolute atomic E-state index is 14.6. The van der Waals surface area contributed by atoms with E-state index in [1.54, 1.807) is 43.3 Å². The molecule has 2 aliphatic heterocycles. The van der Waals surface area contributed by atoms with Crippen LogP contribution in [0, 0.1) is 11.8 Å². The summed E-state index contributed by atoms with van der Waals surface area (Å²) in [5.74, 6) is -5.66. The zero-order chi connectivity index (χ0) is 84.6. The summed E-state index contributed by atoms with van der Waals surface area (Å²) in [6.07, 6.45) is -17.8. The predicted molar refractivity (Wildman–Crippen MR) is 409 cm³/mol. The average Bonchev–Trinajstić information content (AvgIpc) is 0.722. The fourth-order valence-corrected chi connectivity index (χ4v) is 13.0. The van der Waals surface area contributed by atoms with E-state index in [9.17, 15) is 74.4 Å². The molecule has 2 saturated heterocycles. The lowest BCUT2D eigenvalue weighted by Crippen LogP contribution is -2.61. The number of esters is 3. The summed E-state index contributed by atoms with van der Waals surface area (Å²) in [4.78, 5) is 91.2. The predicted octanol–water partition coefficient (Wildman–Crippen LogP) is 8.42. The molecular weight excluding hydrogens is 1490 g/mol. The van der Waals surface area contributed by atoms with E-state index in [0.717, 1.165) is 27.3 Å². The lowest BCUT2D eigenvalue weighted by atomic mass is 9.84. The number of nitrogens with one attached hydrogen (secondary N) is 1. The number of carboxylic acids is 2. The molecule has 0 aliphatic carbocycles. The van der Waals surface area contributed by atoms with Crippen LogP contribution in [0.25, 0.3) is 43.8 Å². The van der Waals surface area contributed by atoms with Gasteiger partial charge in [0.15, 0.2) is 69.8 Å². The number of aliphatic hydroxyl groups excluding tert-OH is 6. The van der Waals surface area contributed by atoms with Crippen LogP contribution in [-0.2, 0) is 38.1 Å². The van der Waals surface area contributed by atoms with Crippen molar-refractivity contribution in [2.24, 2.45) is 11.8 Å². The van der Waals surface area contributed by atoms with E-state index in [2.05, 4.69) is 23.9 Å². The number of carboxylic acid groups (broad SMARTS) is 2. The summed E-state index contributed by atoms with van der Waals surface area (Å²) >= 11 is 0. The molecule has 113 heavy (non-hydrogen) atoms. The fourth-order valence-electron chi connectivity index (χ4n) is 13.0. The third kappa shape index (κ3) is 20.8. The number of rotatable bonds is 33. The third-order valence-electron chi connectivity index (χ3n) is 19.0. The van der Waals surface area contributed by atoms with Gasteiger partial charge in [-0.3, -0.25) is 14.4 Å². The average molecular weight is 1590 g/mol. The van der Waals surface area contributed by atoms with Gasteiger partial charge in [-0.2, -0.15) is 0 Å². The number of benzene rings is 6. The van der Waals surface area contributed by atoms with Gasteiger partial charge < -0.3 is 127 Å². The van der Waals surface area contributed by atoms with Gasteiger partial charge in [-0.1, -0.05) is 79.4 Å². The summed E-state index contributed by atoms with van der Waals surface area (Å²) < 4.78 is 94.9. The minimum absolute atomic E-state index is 0.0367. The molecule has 8 rings (SSSR count). The van der Waals surface area contributed by atoms with Gasteiger partial charge in [0.05, 0.1) is 114 Å². The van der Waals surface area contributed by atoms with Gasteiger partial charge in [0.1, 0.15) is 48.1 Å².